The number of hydrogen-bond acceptors (Lipinski definition) is 5. The fourth-order valence-electron chi connectivity index (χ4n) is 4.71. The minimum absolute atomic E-state index is 0. The van der Waals surface area contributed by atoms with Crippen LogP contribution in [0.1, 0.15) is 44.5 Å². The minimum Gasteiger partial charge on any atom is -0.356 e. The summed E-state index contributed by atoms with van der Waals surface area (Å²) >= 11 is 1.87. The Labute approximate surface area is 217 Å². The summed E-state index contributed by atoms with van der Waals surface area (Å²) in [6, 6.07) is 4.89. The van der Waals surface area contributed by atoms with Crippen LogP contribution in [0, 0.1) is 11.8 Å². The first kappa shape index (κ1) is 27.8. The summed E-state index contributed by atoms with van der Waals surface area (Å²) in [6.45, 7) is 18.4. The number of thiophene rings is 1. The van der Waals surface area contributed by atoms with Crippen LogP contribution < -0.4 is 10.6 Å². The number of likely N-dealkylation sites (N-methyl/N-ethyl adjacent to an activating group) is 1. The first-order valence-corrected chi connectivity index (χ1v) is 13.1. The zero-order valence-corrected chi connectivity index (χ0v) is 23.7. The summed E-state index contributed by atoms with van der Waals surface area (Å²) in [7, 11) is 1.88. The molecule has 184 valence electrons. The van der Waals surface area contributed by atoms with Gasteiger partial charge in [0.05, 0.1) is 6.04 Å². The molecule has 0 amide bonds. The van der Waals surface area contributed by atoms with E-state index in [2.05, 4.69) is 68.6 Å². The van der Waals surface area contributed by atoms with Crippen LogP contribution in [0.3, 0.4) is 0 Å². The predicted octanol–water partition coefficient (Wildman–Crippen LogP) is 3.58. The van der Waals surface area contributed by atoms with Gasteiger partial charge in [-0.2, -0.15) is 0 Å². The molecule has 0 aliphatic carbocycles. The lowest BCUT2D eigenvalue weighted by Gasteiger charge is -2.36. The van der Waals surface area contributed by atoms with E-state index in [1.165, 1.54) is 63.5 Å². The first-order valence-electron chi connectivity index (χ1n) is 12.3. The van der Waals surface area contributed by atoms with E-state index in [0.29, 0.717) is 12.0 Å². The molecule has 3 rings (SSSR count). The molecule has 32 heavy (non-hydrogen) atoms. The van der Waals surface area contributed by atoms with Crippen molar-refractivity contribution < 1.29 is 0 Å². The summed E-state index contributed by atoms with van der Waals surface area (Å²) < 4.78 is 0. The number of nitrogens with zero attached hydrogens (tertiary/aromatic N) is 4. The van der Waals surface area contributed by atoms with Gasteiger partial charge in [0.2, 0.25) is 0 Å². The number of likely N-dealkylation sites (tertiary alicyclic amines) is 1. The van der Waals surface area contributed by atoms with Crippen molar-refractivity contribution in [2.45, 2.75) is 39.7 Å². The number of rotatable bonds is 9. The molecule has 2 fully saturated rings. The van der Waals surface area contributed by atoms with Gasteiger partial charge in [-0.15, -0.1) is 35.3 Å². The first-order chi connectivity index (χ1) is 15.1. The molecule has 0 bridgehead atoms. The summed E-state index contributed by atoms with van der Waals surface area (Å²) in [5, 5.41) is 9.40. The van der Waals surface area contributed by atoms with Gasteiger partial charge in [0.1, 0.15) is 0 Å². The van der Waals surface area contributed by atoms with E-state index in [0.717, 1.165) is 31.5 Å². The van der Waals surface area contributed by atoms with Crippen LogP contribution in [0.25, 0.3) is 0 Å². The molecule has 6 nitrogen and oxygen atoms in total. The van der Waals surface area contributed by atoms with Gasteiger partial charge in [-0.3, -0.25) is 9.89 Å². The molecule has 2 aliphatic heterocycles. The Morgan fingerprint density at radius 2 is 1.75 bits per heavy atom. The van der Waals surface area contributed by atoms with Crippen molar-refractivity contribution >= 4 is 41.3 Å². The lowest BCUT2D eigenvalue weighted by atomic mass is 9.97. The molecule has 1 aromatic rings. The van der Waals surface area contributed by atoms with E-state index in [-0.39, 0.29) is 24.0 Å². The Morgan fingerprint density at radius 3 is 2.34 bits per heavy atom. The molecule has 2 unspecified atom stereocenters. The van der Waals surface area contributed by atoms with Crippen LogP contribution in [-0.2, 0) is 0 Å². The topological polar surface area (TPSA) is 46.1 Å². The van der Waals surface area contributed by atoms with Crippen molar-refractivity contribution in [3.05, 3.63) is 22.4 Å². The standard InChI is InChI=1S/C24H44N6S.HI/c1-5-28-12-14-29(15-13-28)19-21(3)17-26-24(25-4)27-18-22(23-7-6-16-31-23)30-10-8-20(2)9-11-30;/h6-7,16,20-22H,5,8-15,17-19H2,1-4H3,(H2,25,26,27);1H. The Balaban J connectivity index is 0.00000363. The third-order valence-corrected chi connectivity index (χ3v) is 7.89. The molecule has 2 atom stereocenters. The van der Waals surface area contributed by atoms with Crippen LogP contribution in [0.5, 0.6) is 0 Å². The molecule has 0 aromatic carbocycles. The SMILES string of the molecule is CCN1CCN(CC(C)CNC(=NC)NCC(c2cccs2)N2CCC(C)CC2)CC1.I. The van der Waals surface area contributed by atoms with E-state index in [4.69, 9.17) is 0 Å². The van der Waals surface area contributed by atoms with Crippen LogP contribution >= 0.6 is 35.3 Å². The Morgan fingerprint density at radius 1 is 1.09 bits per heavy atom. The Kier molecular flexibility index (Phi) is 12.8. The number of piperazine rings is 1. The van der Waals surface area contributed by atoms with Crippen LogP contribution in [0.15, 0.2) is 22.5 Å². The molecule has 1 aromatic heterocycles. The Bertz CT molecular complexity index is 639. The highest BCUT2D eigenvalue weighted by Gasteiger charge is 2.25. The van der Waals surface area contributed by atoms with Gasteiger partial charge < -0.3 is 20.4 Å². The van der Waals surface area contributed by atoms with Gasteiger partial charge in [-0.05, 0) is 55.8 Å². The number of aliphatic imine (C=N–C) groups is 1. The lowest BCUT2D eigenvalue weighted by molar-refractivity contribution is 0.124. The van der Waals surface area contributed by atoms with Crippen LogP contribution in [-0.4, -0.2) is 93.2 Å². The highest BCUT2D eigenvalue weighted by molar-refractivity contribution is 14.0. The van der Waals surface area contributed by atoms with E-state index < -0.39 is 0 Å². The van der Waals surface area contributed by atoms with E-state index in [9.17, 15) is 0 Å². The predicted molar refractivity (Wildman–Crippen MR) is 150 cm³/mol. The van der Waals surface area contributed by atoms with Gasteiger partial charge in [-0.1, -0.05) is 26.8 Å². The van der Waals surface area contributed by atoms with Crippen LogP contribution in [0.2, 0.25) is 0 Å². The molecule has 0 spiro atoms. The second-order valence-corrected chi connectivity index (χ2v) is 10.4. The van der Waals surface area contributed by atoms with Crippen molar-refractivity contribution in [3.63, 3.8) is 0 Å². The molecule has 3 heterocycles. The quantitative estimate of drug-likeness (QED) is 0.268. The minimum atomic E-state index is 0. The lowest BCUT2D eigenvalue weighted by Crippen LogP contribution is -2.49. The molecular weight excluding hydrogens is 531 g/mol. The van der Waals surface area contributed by atoms with E-state index >= 15 is 0 Å². The highest BCUT2D eigenvalue weighted by Crippen LogP contribution is 2.29. The summed E-state index contributed by atoms with van der Waals surface area (Å²) in [4.78, 5) is 13.8. The largest absolute Gasteiger partial charge is 0.356 e. The molecule has 2 aliphatic rings. The fraction of sp³-hybridized carbons (Fsp3) is 0.792. The second-order valence-electron chi connectivity index (χ2n) is 9.42. The van der Waals surface area contributed by atoms with Crippen LogP contribution in [0.4, 0.5) is 0 Å². The monoisotopic (exact) mass is 576 g/mol. The zero-order valence-electron chi connectivity index (χ0n) is 20.6. The van der Waals surface area contributed by atoms with Gasteiger partial charge in [0.15, 0.2) is 5.96 Å². The zero-order chi connectivity index (χ0) is 22.1. The maximum Gasteiger partial charge on any atom is 0.191 e. The summed E-state index contributed by atoms with van der Waals surface area (Å²) in [6.07, 6.45) is 2.61. The van der Waals surface area contributed by atoms with Crippen molar-refractivity contribution in [3.8, 4) is 0 Å². The number of piperidine rings is 1. The second kappa shape index (κ2) is 14.8. The average Bonchev–Trinajstić information content (AvgIpc) is 3.32. The van der Waals surface area contributed by atoms with Crippen molar-refractivity contribution in [2.75, 3.05) is 72.5 Å². The number of halogens is 1. The van der Waals surface area contributed by atoms with E-state index in [1.54, 1.807) is 0 Å². The number of nitrogens with one attached hydrogen (secondary N) is 2. The maximum atomic E-state index is 4.50. The highest BCUT2D eigenvalue weighted by atomic mass is 127. The molecular formula is C24H45IN6S. The van der Waals surface area contributed by atoms with Crippen molar-refractivity contribution in [2.24, 2.45) is 16.8 Å². The molecule has 2 saturated heterocycles. The van der Waals surface area contributed by atoms with Gasteiger partial charge >= 0.3 is 0 Å². The van der Waals surface area contributed by atoms with Crippen molar-refractivity contribution in [1.82, 2.24) is 25.3 Å². The third-order valence-electron chi connectivity index (χ3n) is 6.92. The van der Waals surface area contributed by atoms with Gasteiger partial charge in [0.25, 0.3) is 0 Å². The fourth-order valence-corrected chi connectivity index (χ4v) is 5.57. The average molecular weight is 577 g/mol. The molecule has 0 radical (unpaired) electrons. The third kappa shape index (κ3) is 8.74. The smallest absolute Gasteiger partial charge is 0.191 e. The molecule has 2 N–H and O–H groups in total. The normalized spacial score (nSPS) is 21.7. The number of hydrogen-bond donors (Lipinski definition) is 2. The summed E-state index contributed by atoms with van der Waals surface area (Å²) in [5.41, 5.74) is 0. The van der Waals surface area contributed by atoms with Gasteiger partial charge in [0, 0.05) is 57.7 Å². The summed E-state index contributed by atoms with van der Waals surface area (Å²) in [5.74, 6) is 2.38. The van der Waals surface area contributed by atoms with Crippen molar-refractivity contribution in [1.29, 1.82) is 0 Å². The Hall–Kier alpha value is -0.420. The van der Waals surface area contributed by atoms with E-state index in [1.807, 2.05) is 18.4 Å². The number of guanidine groups is 1. The molecule has 8 heteroatoms. The maximum absolute atomic E-state index is 4.50. The van der Waals surface area contributed by atoms with Gasteiger partial charge in [-0.25, -0.2) is 0 Å². The molecule has 0 saturated carbocycles.